The topological polar surface area (TPSA) is 53.3 Å². The average Bonchev–Trinajstić information content (AvgIpc) is 2.38. The molecule has 0 N–H and O–H groups in total. The Hall–Kier alpha value is -2.09. The minimum absolute atomic E-state index is 0.0886. The van der Waals surface area contributed by atoms with Gasteiger partial charge < -0.3 is 9.64 Å². The van der Waals surface area contributed by atoms with Crippen LogP contribution in [0.4, 0.5) is 10.1 Å². The first-order chi connectivity index (χ1) is 8.65. The number of halogens is 1. The maximum atomic E-state index is 13.7. The largest absolute Gasteiger partial charge is 0.495 e. The lowest BCUT2D eigenvalue weighted by Gasteiger charge is -2.28. The van der Waals surface area contributed by atoms with Crippen LogP contribution in [0.25, 0.3) is 0 Å². The van der Waals surface area contributed by atoms with Crippen molar-refractivity contribution in [2.24, 2.45) is 0 Å². The molecule has 2 rings (SSSR count). The molecule has 0 bridgehead atoms. The van der Waals surface area contributed by atoms with Crippen LogP contribution in [0.1, 0.15) is 18.4 Å². The molecule has 0 aliphatic carbocycles. The number of rotatable bonds is 2. The molecule has 0 amide bonds. The number of piperidine rings is 1. The van der Waals surface area contributed by atoms with Gasteiger partial charge in [-0.25, -0.2) is 4.39 Å². The number of ether oxygens (including phenoxy) is 1. The summed E-state index contributed by atoms with van der Waals surface area (Å²) in [5.74, 6) is -0.138. The summed E-state index contributed by atoms with van der Waals surface area (Å²) in [4.78, 5) is 13.1. The minimum Gasteiger partial charge on any atom is -0.495 e. The number of carbonyl (C=O) groups excluding carboxylic acids is 1. The van der Waals surface area contributed by atoms with Crippen LogP contribution in [0.2, 0.25) is 0 Å². The molecule has 0 atom stereocenters. The van der Waals surface area contributed by atoms with E-state index in [1.165, 1.54) is 13.2 Å². The summed E-state index contributed by atoms with van der Waals surface area (Å²) in [6, 6.07) is 4.73. The third-order valence-electron chi connectivity index (χ3n) is 3.06. The van der Waals surface area contributed by atoms with Gasteiger partial charge in [0.25, 0.3) is 0 Å². The molecule has 1 aliphatic rings. The van der Waals surface area contributed by atoms with E-state index in [0.717, 1.165) is 0 Å². The molecule has 0 saturated carbocycles. The highest BCUT2D eigenvalue weighted by molar-refractivity contribution is 5.81. The predicted molar refractivity (Wildman–Crippen MR) is 64.1 cm³/mol. The van der Waals surface area contributed by atoms with Crippen molar-refractivity contribution in [2.45, 2.75) is 12.8 Å². The second kappa shape index (κ2) is 5.05. The molecule has 1 aromatic carbocycles. The second-order valence-electron chi connectivity index (χ2n) is 4.14. The zero-order chi connectivity index (χ0) is 13.1. The fourth-order valence-corrected chi connectivity index (χ4v) is 2.03. The molecule has 1 fully saturated rings. The maximum absolute atomic E-state index is 13.7. The quantitative estimate of drug-likeness (QED) is 0.801. The summed E-state index contributed by atoms with van der Waals surface area (Å²) in [6.07, 6.45) is 0.952. The Morgan fingerprint density at radius 3 is 2.61 bits per heavy atom. The smallest absolute Gasteiger partial charge is 0.146 e. The van der Waals surface area contributed by atoms with E-state index in [1.807, 2.05) is 4.90 Å². The highest BCUT2D eigenvalue weighted by Crippen LogP contribution is 2.29. The van der Waals surface area contributed by atoms with Gasteiger partial charge >= 0.3 is 0 Å². The van der Waals surface area contributed by atoms with Crippen molar-refractivity contribution in [1.29, 1.82) is 5.26 Å². The van der Waals surface area contributed by atoms with Gasteiger partial charge in [-0.2, -0.15) is 5.26 Å². The van der Waals surface area contributed by atoms with Crippen LogP contribution in [0.15, 0.2) is 12.1 Å². The van der Waals surface area contributed by atoms with E-state index >= 15 is 0 Å². The lowest BCUT2D eigenvalue weighted by atomic mass is 10.1. The Balaban J connectivity index is 2.32. The van der Waals surface area contributed by atoms with Gasteiger partial charge in [-0.15, -0.1) is 0 Å². The van der Waals surface area contributed by atoms with Crippen molar-refractivity contribution in [3.8, 4) is 11.8 Å². The Bertz CT molecular complexity index is 512. The molecule has 0 radical (unpaired) electrons. The summed E-state index contributed by atoms with van der Waals surface area (Å²) >= 11 is 0. The van der Waals surface area contributed by atoms with Gasteiger partial charge in [0.1, 0.15) is 29.0 Å². The zero-order valence-corrected chi connectivity index (χ0v) is 10.1. The van der Waals surface area contributed by atoms with Gasteiger partial charge in [-0.1, -0.05) is 0 Å². The fraction of sp³-hybridized carbons (Fsp3) is 0.385. The molecule has 0 aromatic heterocycles. The Kier molecular flexibility index (Phi) is 3.47. The van der Waals surface area contributed by atoms with Gasteiger partial charge in [-0.05, 0) is 6.07 Å². The number of hydrogen-bond acceptors (Lipinski definition) is 4. The van der Waals surface area contributed by atoms with E-state index in [2.05, 4.69) is 0 Å². The fourth-order valence-electron chi connectivity index (χ4n) is 2.03. The average molecular weight is 248 g/mol. The summed E-state index contributed by atoms with van der Waals surface area (Å²) in [6.45, 7) is 1.15. The third-order valence-corrected chi connectivity index (χ3v) is 3.06. The zero-order valence-electron chi connectivity index (χ0n) is 10.1. The third kappa shape index (κ3) is 2.28. The van der Waals surface area contributed by atoms with Crippen LogP contribution < -0.4 is 9.64 Å². The Morgan fingerprint density at radius 2 is 2.06 bits per heavy atom. The van der Waals surface area contributed by atoms with Crippen LogP contribution in [0.3, 0.4) is 0 Å². The molecule has 0 spiro atoms. The highest BCUT2D eigenvalue weighted by Gasteiger charge is 2.19. The van der Waals surface area contributed by atoms with Crippen LogP contribution in [-0.4, -0.2) is 26.0 Å². The number of anilines is 1. The number of Topliss-reactive ketones (excluding diaryl/α,β-unsaturated/α-hetero) is 1. The van der Waals surface area contributed by atoms with E-state index in [4.69, 9.17) is 10.00 Å². The number of benzene rings is 1. The molecule has 1 saturated heterocycles. The predicted octanol–water partition coefficient (Wildman–Crippen LogP) is 1.88. The molecular formula is C13H13FN2O2. The van der Waals surface area contributed by atoms with E-state index in [9.17, 15) is 9.18 Å². The van der Waals surface area contributed by atoms with Gasteiger partial charge in [0, 0.05) is 37.7 Å². The molecular weight excluding hydrogens is 235 g/mol. The molecule has 1 aliphatic heterocycles. The van der Waals surface area contributed by atoms with Crippen LogP contribution in [-0.2, 0) is 4.79 Å². The van der Waals surface area contributed by atoms with E-state index in [-0.39, 0.29) is 17.1 Å². The normalized spacial score (nSPS) is 15.4. The first kappa shape index (κ1) is 12.4. The van der Waals surface area contributed by atoms with E-state index < -0.39 is 5.82 Å². The van der Waals surface area contributed by atoms with Crippen molar-refractivity contribution >= 4 is 11.5 Å². The first-order valence-electron chi connectivity index (χ1n) is 5.70. The number of ketones is 1. The summed E-state index contributed by atoms with van der Waals surface area (Å²) in [7, 11) is 1.40. The van der Waals surface area contributed by atoms with Crippen molar-refractivity contribution in [3.05, 3.63) is 23.5 Å². The SMILES string of the molecule is COc1cc(N2CCC(=O)CC2)cc(F)c1C#N. The monoisotopic (exact) mass is 248 g/mol. The minimum atomic E-state index is -0.594. The van der Waals surface area contributed by atoms with Crippen molar-refractivity contribution in [3.63, 3.8) is 0 Å². The molecule has 1 aromatic rings. The summed E-state index contributed by atoms with van der Waals surface area (Å²) < 4.78 is 18.7. The Morgan fingerprint density at radius 1 is 1.39 bits per heavy atom. The maximum Gasteiger partial charge on any atom is 0.146 e. The number of carbonyl (C=O) groups is 1. The van der Waals surface area contributed by atoms with Gasteiger partial charge in [0.05, 0.1) is 7.11 Å². The Labute approximate surface area is 105 Å². The van der Waals surface area contributed by atoms with Crippen LogP contribution in [0, 0.1) is 17.1 Å². The number of nitriles is 1. The molecule has 5 heteroatoms. The molecule has 94 valence electrons. The van der Waals surface area contributed by atoms with Gasteiger partial charge in [0.2, 0.25) is 0 Å². The number of nitrogens with zero attached hydrogens (tertiary/aromatic N) is 2. The molecule has 0 unspecified atom stereocenters. The summed E-state index contributed by atoms with van der Waals surface area (Å²) in [5, 5.41) is 8.84. The van der Waals surface area contributed by atoms with E-state index in [0.29, 0.717) is 31.6 Å². The lowest BCUT2D eigenvalue weighted by molar-refractivity contribution is -0.119. The van der Waals surface area contributed by atoms with Gasteiger partial charge in [0.15, 0.2) is 0 Å². The molecule has 4 nitrogen and oxygen atoms in total. The number of methoxy groups -OCH3 is 1. The van der Waals surface area contributed by atoms with Crippen LogP contribution in [0.5, 0.6) is 5.75 Å². The molecule has 1 heterocycles. The second-order valence-corrected chi connectivity index (χ2v) is 4.14. The summed E-state index contributed by atoms with van der Waals surface area (Å²) in [5.41, 5.74) is 0.560. The van der Waals surface area contributed by atoms with Crippen molar-refractivity contribution < 1.29 is 13.9 Å². The lowest BCUT2D eigenvalue weighted by Crippen LogP contribution is -2.33. The van der Waals surface area contributed by atoms with Gasteiger partial charge in [-0.3, -0.25) is 4.79 Å². The molecule has 18 heavy (non-hydrogen) atoms. The van der Waals surface area contributed by atoms with Crippen LogP contribution >= 0.6 is 0 Å². The van der Waals surface area contributed by atoms with Crippen molar-refractivity contribution in [2.75, 3.05) is 25.1 Å². The highest BCUT2D eigenvalue weighted by atomic mass is 19.1. The first-order valence-corrected chi connectivity index (χ1v) is 5.70. The standard InChI is InChI=1S/C13H13FN2O2/c1-18-13-7-9(6-12(14)11(13)8-15)16-4-2-10(17)3-5-16/h6-7H,2-5H2,1H3. The van der Waals surface area contributed by atoms with E-state index in [1.54, 1.807) is 12.1 Å². The van der Waals surface area contributed by atoms with Crippen molar-refractivity contribution in [1.82, 2.24) is 0 Å². The number of hydrogen-bond donors (Lipinski definition) is 0.